The van der Waals surface area contributed by atoms with Crippen molar-refractivity contribution in [2.45, 2.75) is 20.3 Å². The van der Waals surface area contributed by atoms with Crippen LogP contribution in [0.4, 0.5) is 0 Å². The Morgan fingerprint density at radius 3 is 2.78 bits per heavy atom. The van der Waals surface area contributed by atoms with Crippen LogP contribution in [0.15, 0.2) is 24.3 Å². The van der Waals surface area contributed by atoms with Gasteiger partial charge < -0.3 is 15.7 Å². The van der Waals surface area contributed by atoms with Crippen molar-refractivity contribution in [2.24, 2.45) is 11.7 Å². The molecule has 0 spiro atoms. The minimum atomic E-state index is 0.0726. The first-order valence-electron chi connectivity index (χ1n) is 6.32. The van der Waals surface area contributed by atoms with E-state index in [1.807, 2.05) is 24.8 Å². The summed E-state index contributed by atoms with van der Waals surface area (Å²) >= 11 is 0. The molecule has 1 atom stereocenters. The molecular weight excluding hydrogens is 228 g/mol. The Morgan fingerprint density at radius 1 is 1.50 bits per heavy atom. The van der Waals surface area contributed by atoms with E-state index in [2.05, 4.69) is 0 Å². The average molecular weight is 250 g/mol. The zero-order chi connectivity index (χ0) is 13.5. The first-order chi connectivity index (χ1) is 8.56. The Kier molecular flexibility index (Phi) is 5.65. The van der Waals surface area contributed by atoms with E-state index in [1.54, 1.807) is 18.2 Å². The number of phenols is 1. The Morgan fingerprint density at radius 2 is 2.22 bits per heavy atom. The van der Waals surface area contributed by atoms with Gasteiger partial charge in [0, 0.05) is 13.1 Å². The molecule has 0 aliphatic heterocycles. The standard InChI is InChI=1S/C14H22N2O2/c1-3-16(10-11(2)9-15)14(18)8-12-5-4-6-13(17)7-12/h4-7,11,17H,3,8-10,15H2,1-2H3. The first kappa shape index (κ1) is 14.5. The number of aromatic hydroxyl groups is 1. The minimum Gasteiger partial charge on any atom is -0.508 e. The zero-order valence-electron chi connectivity index (χ0n) is 11.1. The van der Waals surface area contributed by atoms with Crippen LogP contribution in [0, 0.1) is 5.92 Å². The maximum atomic E-state index is 12.1. The predicted molar refractivity (Wildman–Crippen MR) is 72.3 cm³/mol. The fraction of sp³-hybridized carbons (Fsp3) is 0.500. The van der Waals surface area contributed by atoms with Gasteiger partial charge in [-0.15, -0.1) is 0 Å². The third-order valence-corrected chi connectivity index (χ3v) is 2.93. The number of phenolic OH excluding ortho intramolecular Hbond substituents is 1. The lowest BCUT2D eigenvalue weighted by molar-refractivity contribution is -0.130. The lowest BCUT2D eigenvalue weighted by Crippen LogP contribution is -2.37. The van der Waals surface area contributed by atoms with Crippen LogP contribution in [0.5, 0.6) is 5.75 Å². The Hall–Kier alpha value is -1.55. The summed E-state index contributed by atoms with van der Waals surface area (Å²) in [6.45, 7) is 5.94. The molecule has 1 rings (SSSR count). The highest BCUT2D eigenvalue weighted by atomic mass is 16.3. The van der Waals surface area contributed by atoms with Gasteiger partial charge in [0.15, 0.2) is 0 Å². The van der Waals surface area contributed by atoms with Crippen LogP contribution in [-0.4, -0.2) is 35.5 Å². The summed E-state index contributed by atoms with van der Waals surface area (Å²) in [7, 11) is 0. The van der Waals surface area contributed by atoms with E-state index in [0.29, 0.717) is 32.0 Å². The highest BCUT2D eigenvalue weighted by Crippen LogP contribution is 2.12. The van der Waals surface area contributed by atoms with Gasteiger partial charge >= 0.3 is 0 Å². The molecule has 1 aromatic carbocycles. The number of hydrogen-bond acceptors (Lipinski definition) is 3. The molecule has 0 saturated carbocycles. The summed E-state index contributed by atoms with van der Waals surface area (Å²) < 4.78 is 0. The Balaban J connectivity index is 2.62. The average Bonchev–Trinajstić information content (AvgIpc) is 2.35. The molecule has 1 unspecified atom stereocenters. The maximum Gasteiger partial charge on any atom is 0.226 e. The summed E-state index contributed by atoms with van der Waals surface area (Å²) in [5, 5.41) is 9.36. The van der Waals surface area contributed by atoms with Crippen LogP contribution < -0.4 is 5.73 Å². The molecule has 3 N–H and O–H groups in total. The SMILES string of the molecule is CCN(CC(C)CN)C(=O)Cc1cccc(O)c1. The highest BCUT2D eigenvalue weighted by molar-refractivity contribution is 5.78. The van der Waals surface area contributed by atoms with E-state index in [9.17, 15) is 9.90 Å². The van der Waals surface area contributed by atoms with Gasteiger partial charge in [-0.25, -0.2) is 0 Å². The van der Waals surface area contributed by atoms with Gasteiger partial charge in [0.05, 0.1) is 6.42 Å². The number of hydrogen-bond donors (Lipinski definition) is 2. The van der Waals surface area contributed by atoms with Crippen LogP contribution in [0.25, 0.3) is 0 Å². The second-order valence-corrected chi connectivity index (χ2v) is 4.62. The monoisotopic (exact) mass is 250 g/mol. The molecule has 1 amide bonds. The highest BCUT2D eigenvalue weighted by Gasteiger charge is 2.14. The van der Waals surface area contributed by atoms with E-state index in [0.717, 1.165) is 5.56 Å². The fourth-order valence-electron chi connectivity index (χ4n) is 1.81. The van der Waals surface area contributed by atoms with Crippen molar-refractivity contribution in [3.8, 4) is 5.75 Å². The first-order valence-corrected chi connectivity index (χ1v) is 6.32. The molecule has 4 heteroatoms. The van der Waals surface area contributed by atoms with Crippen molar-refractivity contribution < 1.29 is 9.90 Å². The number of amides is 1. The molecule has 100 valence electrons. The van der Waals surface area contributed by atoms with Crippen molar-refractivity contribution >= 4 is 5.91 Å². The number of carbonyl (C=O) groups is 1. The van der Waals surface area contributed by atoms with Gasteiger partial charge in [0.2, 0.25) is 5.91 Å². The van der Waals surface area contributed by atoms with Crippen molar-refractivity contribution in [3.63, 3.8) is 0 Å². The van der Waals surface area contributed by atoms with Crippen molar-refractivity contribution in [1.29, 1.82) is 0 Å². The molecule has 0 aliphatic carbocycles. The molecule has 18 heavy (non-hydrogen) atoms. The molecule has 1 aromatic rings. The number of nitrogens with zero attached hydrogens (tertiary/aromatic N) is 1. The van der Waals surface area contributed by atoms with Crippen LogP contribution in [0.3, 0.4) is 0 Å². The molecule has 0 bridgehead atoms. The third-order valence-electron chi connectivity index (χ3n) is 2.93. The Bertz CT molecular complexity index is 393. The quantitative estimate of drug-likeness (QED) is 0.801. The number of carbonyl (C=O) groups excluding carboxylic acids is 1. The van der Waals surface area contributed by atoms with Crippen LogP contribution in [0.1, 0.15) is 19.4 Å². The second-order valence-electron chi connectivity index (χ2n) is 4.62. The summed E-state index contributed by atoms with van der Waals surface area (Å²) in [6.07, 6.45) is 0.319. The smallest absolute Gasteiger partial charge is 0.226 e. The normalized spacial score (nSPS) is 12.2. The van der Waals surface area contributed by atoms with Gasteiger partial charge in [-0.1, -0.05) is 19.1 Å². The van der Waals surface area contributed by atoms with Gasteiger partial charge in [0.25, 0.3) is 0 Å². The molecule has 0 radical (unpaired) electrons. The summed E-state index contributed by atoms with van der Waals surface area (Å²) in [6, 6.07) is 6.81. The summed E-state index contributed by atoms with van der Waals surface area (Å²) in [5.74, 6) is 0.570. The number of rotatable bonds is 6. The second kappa shape index (κ2) is 7.01. The largest absolute Gasteiger partial charge is 0.508 e. The maximum absolute atomic E-state index is 12.1. The number of likely N-dealkylation sites (N-methyl/N-ethyl adjacent to an activating group) is 1. The lowest BCUT2D eigenvalue weighted by atomic mass is 10.1. The molecule has 4 nitrogen and oxygen atoms in total. The van der Waals surface area contributed by atoms with Gasteiger partial charge in [-0.05, 0) is 37.1 Å². The number of nitrogens with two attached hydrogens (primary N) is 1. The van der Waals surface area contributed by atoms with Crippen LogP contribution >= 0.6 is 0 Å². The van der Waals surface area contributed by atoms with Crippen molar-refractivity contribution in [2.75, 3.05) is 19.6 Å². The van der Waals surface area contributed by atoms with E-state index in [-0.39, 0.29) is 11.7 Å². The van der Waals surface area contributed by atoms with E-state index >= 15 is 0 Å². The lowest BCUT2D eigenvalue weighted by Gasteiger charge is -2.24. The fourth-order valence-corrected chi connectivity index (χ4v) is 1.81. The number of benzene rings is 1. The predicted octanol–water partition coefficient (Wildman–Crippen LogP) is 1.38. The molecule has 0 fully saturated rings. The van der Waals surface area contributed by atoms with Gasteiger partial charge in [0.1, 0.15) is 5.75 Å². The third kappa shape index (κ3) is 4.37. The molecule has 0 aliphatic rings. The van der Waals surface area contributed by atoms with Crippen LogP contribution in [-0.2, 0) is 11.2 Å². The molecule has 0 saturated heterocycles. The van der Waals surface area contributed by atoms with E-state index in [1.165, 1.54) is 0 Å². The van der Waals surface area contributed by atoms with Crippen molar-refractivity contribution in [3.05, 3.63) is 29.8 Å². The summed E-state index contributed by atoms with van der Waals surface area (Å²) in [4.78, 5) is 13.9. The molecule has 0 aromatic heterocycles. The van der Waals surface area contributed by atoms with Gasteiger partial charge in [-0.3, -0.25) is 4.79 Å². The molecule has 0 heterocycles. The minimum absolute atomic E-state index is 0.0726. The molecular formula is C14H22N2O2. The van der Waals surface area contributed by atoms with Gasteiger partial charge in [-0.2, -0.15) is 0 Å². The Labute approximate surface area is 108 Å². The van der Waals surface area contributed by atoms with Crippen LogP contribution in [0.2, 0.25) is 0 Å². The van der Waals surface area contributed by atoms with E-state index in [4.69, 9.17) is 5.73 Å². The van der Waals surface area contributed by atoms with E-state index < -0.39 is 0 Å². The summed E-state index contributed by atoms with van der Waals surface area (Å²) in [5.41, 5.74) is 6.41. The van der Waals surface area contributed by atoms with Crippen molar-refractivity contribution in [1.82, 2.24) is 4.90 Å². The topological polar surface area (TPSA) is 66.6 Å². The zero-order valence-corrected chi connectivity index (χ0v) is 11.1.